The number of amides is 2. The van der Waals surface area contributed by atoms with Crippen LogP contribution in [0.25, 0.3) is 33.4 Å². The zero-order valence-electron chi connectivity index (χ0n) is 22.7. The van der Waals surface area contributed by atoms with E-state index in [4.69, 9.17) is 4.42 Å². The molecule has 0 bridgehead atoms. The van der Waals surface area contributed by atoms with Crippen LogP contribution in [0.1, 0.15) is 40.1 Å². The Morgan fingerprint density at radius 1 is 0.854 bits per heavy atom. The van der Waals surface area contributed by atoms with E-state index in [1.54, 1.807) is 30.3 Å². The molecule has 0 spiro atoms. The molecule has 2 amide bonds. The first kappa shape index (κ1) is 27.7. The van der Waals surface area contributed by atoms with E-state index in [0.29, 0.717) is 27.6 Å². The van der Waals surface area contributed by atoms with Crippen molar-refractivity contribution in [1.82, 2.24) is 10.6 Å². The molecule has 0 aliphatic rings. The first-order valence-electron chi connectivity index (χ1n) is 12.9. The minimum absolute atomic E-state index is 0.0440. The summed E-state index contributed by atoms with van der Waals surface area (Å²) in [6, 6.07) is 24.9. The predicted molar refractivity (Wildman–Crippen MR) is 152 cm³/mol. The normalized spacial score (nSPS) is 11.6. The monoisotopic (exact) mass is 554 g/mol. The fourth-order valence-electron chi connectivity index (χ4n) is 4.83. The number of furan rings is 1. The highest BCUT2D eigenvalue weighted by molar-refractivity contribution is 6.12. The molecule has 0 aliphatic carbocycles. The number of carbonyl (C=O) groups is 2. The molecule has 0 fully saturated rings. The summed E-state index contributed by atoms with van der Waals surface area (Å²) in [5.41, 5.74) is 2.48. The first-order valence-corrected chi connectivity index (χ1v) is 12.9. The molecule has 5 aromatic rings. The SMILES string of the molecule is CNC(=O)c1c(-c2ccc(F)cc2)oc2cc([NH+](O)O)c(-c3cccc(C(=O)NC(C)(C)c4ccccc4)c3)cc12. The third-order valence-electron chi connectivity index (χ3n) is 6.99. The molecule has 4 aromatic carbocycles. The Labute approximate surface area is 235 Å². The predicted octanol–water partition coefficient (Wildman–Crippen LogP) is 5.23. The van der Waals surface area contributed by atoms with Crippen LogP contribution in [-0.2, 0) is 5.54 Å². The lowest BCUT2D eigenvalue weighted by Crippen LogP contribution is -3.02. The van der Waals surface area contributed by atoms with E-state index in [9.17, 15) is 24.4 Å². The summed E-state index contributed by atoms with van der Waals surface area (Å²) in [4.78, 5) is 26.3. The van der Waals surface area contributed by atoms with Crippen LogP contribution in [0.15, 0.2) is 95.4 Å². The van der Waals surface area contributed by atoms with Gasteiger partial charge in [-0.25, -0.2) is 4.39 Å². The van der Waals surface area contributed by atoms with Gasteiger partial charge in [0.15, 0.2) is 0 Å². The van der Waals surface area contributed by atoms with Gasteiger partial charge in [0, 0.05) is 35.2 Å². The average Bonchev–Trinajstić information content (AvgIpc) is 3.35. The number of halogens is 1. The van der Waals surface area contributed by atoms with E-state index in [0.717, 1.165) is 5.56 Å². The summed E-state index contributed by atoms with van der Waals surface area (Å²) in [5.74, 6) is -0.980. The van der Waals surface area contributed by atoms with Gasteiger partial charge in [0.1, 0.15) is 17.2 Å². The minimum atomic E-state index is -0.955. The minimum Gasteiger partial charge on any atom is -0.455 e. The molecule has 1 aromatic heterocycles. The number of carbonyl (C=O) groups excluding carboxylic acids is 2. The van der Waals surface area contributed by atoms with Gasteiger partial charge in [0.25, 0.3) is 11.8 Å². The third kappa shape index (κ3) is 5.46. The Bertz CT molecular complexity index is 1750. The number of fused-ring (bicyclic) bond motifs is 1. The quantitative estimate of drug-likeness (QED) is 0.177. The molecule has 0 atom stereocenters. The largest absolute Gasteiger partial charge is 0.455 e. The Hall–Kier alpha value is -4.83. The molecule has 9 heteroatoms. The lowest BCUT2D eigenvalue weighted by Gasteiger charge is -2.27. The molecule has 41 heavy (non-hydrogen) atoms. The van der Waals surface area contributed by atoms with Gasteiger partial charge in [0.2, 0.25) is 5.69 Å². The van der Waals surface area contributed by atoms with E-state index in [1.165, 1.54) is 37.4 Å². The van der Waals surface area contributed by atoms with Gasteiger partial charge in [-0.1, -0.05) is 42.5 Å². The van der Waals surface area contributed by atoms with Gasteiger partial charge in [-0.05, 0) is 72.7 Å². The highest BCUT2D eigenvalue weighted by Crippen LogP contribution is 2.39. The smallest absolute Gasteiger partial charge is 0.255 e. The average molecular weight is 555 g/mol. The molecule has 0 unspecified atom stereocenters. The summed E-state index contributed by atoms with van der Waals surface area (Å²) >= 11 is 0. The third-order valence-corrected chi connectivity index (χ3v) is 6.99. The van der Waals surface area contributed by atoms with Crippen LogP contribution in [0, 0.1) is 5.82 Å². The second kappa shape index (κ2) is 11.0. The van der Waals surface area contributed by atoms with Crippen molar-refractivity contribution in [2.45, 2.75) is 19.4 Å². The maximum atomic E-state index is 13.6. The molecule has 0 aliphatic heterocycles. The maximum Gasteiger partial charge on any atom is 0.255 e. The number of quaternary nitrogens is 1. The maximum absolute atomic E-state index is 13.6. The van der Waals surface area contributed by atoms with Crippen LogP contribution >= 0.6 is 0 Å². The van der Waals surface area contributed by atoms with Crippen molar-refractivity contribution < 1.29 is 34.0 Å². The molecule has 0 saturated carbocycles. The van der Waals surface area contributed by atoms with Crippen molar-refractivity contribution in [3.8, 4) is 22.5 Å². The first-order chi connectivity index (χ1) is 19.6. The van der Waals surface area contributed by atoms with Crippen molar-refractivity contribution in [2.75, 3.05) is 7.05 Å². The van der Waals surface area contributed by atoms with E-state index in [-0.39, 0.29) is 28.5 Å². The highest BCUT2D eigenvalue weighted by atomic mass is 19.1. The van der Waals surface area contributed by atoms with Crippen molar-refractivity contribution >= 4 is 28.5 Å². The Morgan fingerprint density at radius 3 is 2.22 bits per heavy atom. The zero-order valence-corrected chi connectivity index (χ0v) is 22.7. The van der Waals surface area contributed by atoms with Crippen LogP contribution in [0.4, 0.5) is 10.1 Å². The number of rotatable bonds is 7. The van der Waals surface area contributed by atoms with Gasteiger partial charge >= 0.3 is 0 Å². The number of hydrogen-bond acceptors (Lipinski definition) is 5. The van der Waals surface area contributed by atoms with E-state index in [2.05, 4.69) is 10.6 Å². The van der Waals surface area contributed by atoms with Crippen molar-refractivity contribution in [3.05, 3.63) is 114 Å². The van der Waals surface area contributed by atoms with Crippen LogP contribution in [0.3, 0.4) is 0 Å². The van der Waals surface area contributed by atoms with Gasteiger partial charge in [-0.2, -0.15) is 10.4 Å². The van der Waals surface area contributed by atoms with Crippen LogP contribution in [0.2, 0.25) is 0 Å². The molecular formula is C32H29FN3O5+. The fraction of sp³-hybridized carbons (Fsp3) is 0.125. The molecule has 8 nitrogen and oxygen atoms in total. The van der Waals surface area contributed by atoms with E-state index < -0.39 is 22.5 Å². The van der Waals surface area contributed by atoms with Crippen molar-refractivity contribution in [3.63, 3.8) is 0 Å². The number of benzene rings is 4. The number of nitrogens with one attached hydrogen (secondary N) is 3. The molecule has 0 saturated heterocycles. The van der Waals surface area contributed by atoms with Gasteiger partial charge in [-0.15, -0.1) is 0 Å². The van der Waals surface area contributed by atoms with Crippen molar-refractivity contribution in [1.29, 1.82) is 0 Å². The van der Waals surface area contributed by atoms with Crippen LogP contribution in [0.5, 0.6) is 0 Å². The van der Waals surface area contributed by atoms with Crippen LogP contribution in [-0.4, -0.2) is 29.3 Å². The number of hydrogen-bond donors (Lipinski definition) is 5. The van der Waals surface area contributed by atoms with Crippen molar-refractivity contribution in [2.24, 2.45) is 0 Å². The summed E-state index contributed by atoms with van der Waals surface area (Å²) in [6.07, 6.45) is 0. The topological polar surface area (TPSA) is 116 Å². The van der Waals surface area contributed by atoms with E-state index in [1.807, 2.05) is 44.2 Å². The Kier molecular flexibility index (Phi) is 7.42. The Morgan fingerprint density at radius 2 is 1.56 bits per heavy atom. The lowest BCUT2D eigenvalue weighted by atomic mass is 9.93. The highest BCUT2D eigenvalue weighted by Gasteiger charge is 2.27. The molecule has 1 heterocycles. The summed E-state index contributed by atoms with van der Waals surface area (Å²) in [7, 11) is 1.48. The second-order valence-corrected chi connectivity index (χ2v) is 10.1. The Balaban J connectivity index is 1.61. The lowest BCUT2D eigenvalue weighted by molar-refractivity contribution is -1.19. The molecule has 0 radical (unpaired) electrons. The zero-order chi connectivity index (χ0) is 29.3. The van der Waals surface area contributed by atoms with Gasteiger partial charge in [-0.3, -0.25) is 9.59 Å². The summed E-state index contributed by atoms with van der Waals surface area (Å²) in [5, 5.41) is 25.5. The summed E-state index contributed by atoms with van der Waals surface area (Å²) in [6.45, 7) is 3.82. The fourth-order valence-corrected chi connectivity index (χ4v) is 4.83. The second-order valence-electron chi connectivity index (χ2n) is 10.1. The van der Waals surface area contributed by atoms with Crippen LogP contribution < -0.4 is 15.9 Å². The molecular weight excluding hydrogens is 525 g/mol. The molecule has 208 valence electrons. The molecule has 5 rings (SSSR count). The standard InChI is InChI=1S/C32H28FN3O5/c1-32(2,22-10-5-4-6-11-22)35-30(37)21-9-7-8-20(16-21)24-17-25-27(18-26(24)36(39)40)41-29(28(25)31(38)34-3)19-12-14-23(33)15-13-19/h4-18,39-40H,1-3H3,(H,34,38)(H,35,37)/p+1. The van der Waals surface area contributed by atoms with Gasteiger partial charge in [0.05, 0.1) is 11.1 Å². The van der Waals surface area contributed by atoms with E-state index >= 15 is 0 Å². The van der Waals surface area contributed by atoms with Gasteiger partial charge < -0.3 is 15.1 Å². The summed E-state index contributed by atoms with van der Waals surface area (Å²) < 4.78 is 19.6. The molecule has 5 N–H and O–H groups in total.